The molecule has 3 rings (SSSR count). The molecule has 0 spiro atoms. The van der Waals surface area contributed by atoms with Crippen molar-refractivity contribution >= 4 is 50.6 Å². The molecule has 0 bridgehead atoms. The van der Waals surface area contributed by atoms with Gasteiger partial charge in [-0.05, 0) is 43.0 Å². The predicted molar refractivity (Wildman–Crippen MR) is 107 cm³/mol. The molecular weight excluding hydrogens is 352 g/mol. The summed E-state index contributed by atoms with van der Waals surface area (Å²) in [7, 11) is 0. The first-order chi connectivity index (χ1) is 12.2. The van der Waals surface area contributed by atoms with Crippen LogP contribution in [0.1, 0.15) is 12.5 Å². The minimum absolute atomic E-state index is 0.212. The standard InChI is InChI=1S/C18H18N4OS2/c1-12(20-18-21-15-5-3-4-6-16(15)25-18)17(23)22-19-11-13-7-9-14(24-2)10-8-13/h3-12H,1-2H3,(H,20,21)(H,22,23)/b19-11-/t12-/m1/s1. The van der Waals surface area contributed by atoms with E-state index in [0.717, 1.165) is 20.9 Å². The van der Waals surface area contributed by atoms with E-state index in [9.17, 15) is 4.79 Å². The molecule has 0 radical (unpaired) electrons. The first-order valence-electron chi connectivity index (χ1n) is 7.75. The molecular formula is C18H18N4OS2. The molecule has 0 saturated heterocycles. The van der Waals surface area contributed by atoms with Gasteiger partial charge in [-0.3, -0.25) is 4.79 Å². The van der Waals surface area contributed by atoms with Crippen molar-refractivity contribution in [3.05, 3.63) is 54.1 Å². The summed E-state index contributed by atoms with van der Waals surface area (Å²) in [6.07, 6.45) is 3.66. The van der Waals surface area contributed by atoms with E-state index in [1.807, 2.05) is 54.8 Å². The molecule has 7 heteroatoms. The Morgan fingerprint density at radius 3 is 2.72 bits per heavy atom. The molecule has 0 saturated carbocycles. The molecule has 1 atom stereocenters. The molecule has 0 unspecified atom stereocenters. The van der Waals surface area contributed by atoms with Crippen LogP contribution in [0.15, 0.2) is 58.5 Å². The SMILES string of the molecule is CSc1ccc(/C=N\NC(=O)[C@@H](C)Nc2nc3ccccc3s2)cc1. The van der Waals surface area contributed by atoms with Gasteiger partial charge in [0.25, 0.3) is 5.91 Å². The molecule has 1 amide bonds. The van der Waals surface area contributed by atoms with Crippen molar-refractivity contribution in [3.8, 4) is 0 Å². The summed E-state index contributed by atoms with van der Waals surface area (Å²) in [5.41, 5.74) is 4.41. The number of benzene rings is 2. The van der Waals surface area contributed by atoms with Gasteiger partial charge in [0.15, 0.2) is 5.13 Å². The van der Waals surface area contributed by atoms with Crippen molar-refractivity contribution in [1.82, 2.24) is 10.4 Å². The number of thioether (sulfide) groups is 1. The van der Waals surface area contributed by atoms with Crippen LogP contribution in [0.3, 0.4) is 0 Å². The molecule has 0 aliphatic rings. The summed E-state index contributed by atoms with van der Waals surface area (Å²) in [6, 6.07) is 15.4. The van der Waals surface area contributed by atoms with Crippen LogP contribution in [0.25, 0.3) is 10.2 Å². The number of nitrogens with one attached hydrogen (secondary N) is 2. The van der Waals surface area contributed by atoms with Gasteiger partial charge < -0.3 is 5.32 Å². The second-order valence-electron chi connectivity index (χ2n) is 5.36. The Balaban J connectivity index is 1.55. The summed E-state index contributed by atoms with van der Waals surface area (Å²) in [5, 5.41) is 7.85. The number of fused-ring (bicyclic) bond motifs is 1. The third kappa shape index (κ3) is 4.58. The minimum atomic E-state index is -0.434. The van der Waals surface area contributed by atoms with Crippen LogP contribution in [0, 0.1) is 0 Å². The van der Waals surface area contributed by atoms with Crippen molar-refractivity contribution in [1.29, 1.82) is 0 Å². The third-order valence-corrected chi connectivity index (χ3v) is 5.24. The number of anilines is 1. The van der Waals surface area contributed by atoms with E-state index in [0.29, 0.717) is 0 Å². The van der Waals surface area contributed by atoms with Crippen molar-refractivity contribution in [2.24, 2.45) is 5.10 Å². The molecule has 128 valence electrons. The molecule has 0 fully saturated rings. The Kier molecular flexibility index (Phi) is 5.67. The van der Waals surface area contributed by atoms with Gasteiger partial charge in [0.05, 0.1) is 16.4 Å². The Bertz CT molecular complexity index is 856. The Morgan fingerprint density at radius 1 is 1.24 bits per heavy atom. The smallest absolute Gasteiger partial charge is 0.262 e. The number of hydrazone groups is 1. The van der Waals surface area contributed by atoms with Crippen LogP contribution in [-0.2, 0) is 4.79 Å². The van der Waals surface area contributed by atoms with Crippen molar-refractivity contribution < 1.29 is 4.79 Å². The topological polar surface area (TPSA) is 66.4 Å². The van der Waals surface area contributed by atoms with E-state index in [2.05, 4.69) is 20.8 Å². The molecule has 3 aromatic rings. The summed E-state index contributed by atoms with van der Waals surface area (Å²) >= 11 is 3.21. The largest absolute Gasteiger partial charge is 0.350 e. The number of nitrogens with zero attached hydrogens (tertiary/aromatic N) is 2. The predicted octanol–water partition coefficient (Wildman–Crippen LogP) is 3.97. The van der Waals surface area contributed by atoms with Gasteiger partial charge in [-0.25, -0.2) is 10.4 Å². The zero-order chi connectivity index (χ0) is 17.6. The maximum absolute atomic E-state index is 12.1. The molecule has 0 aliphatic carbocycles. The lowest BCUT2D eigenvalue weighted by Crippen LogP contribution is -2.34. The highest BCUT2D eigenvalue weighted by Gasteiger charge is 2.14. The number of amides is 1. The van der Waals surface area contributed by atoms with Crippen LogP contribution >= 0.6 is 23.1 Å². The summed E-state index contributed by atoms with van der Waals surface area (Å²) < 4.78 is 1.09. The Morgan fingerprint density at radius 2 is 2.00 bits per heavy atom. The zero-order valence-electron chi connectivity index (χ0n) is 13.9. The van der Waals surface area contributed by atoms with E-state index >= 15 is 0 Å². The van der Waals surface area contributed by atoms with Crippen LogP contribution in [0.4, 0.5) is 5.13 Å². The summed E-state index contributed by atoms with van der Waals surface area (Å²) in [4.78, 5) is 17.8. The van der Waals surface area contributed by atoms with E-state index in [1.54, 1.807) is 24.9 Å². The first kappa shape index (κ1) is 17.4. The average molecular weight is 371 g/mol. The average Bonchev–Trinajstić information content (AvgIpc) is 3.04. The van der Waals surface area contributed by atoms with Crippen molar-refractivity contribution in [3.63, 3.8) is 0 Å². The fourth-order valence-electron chi connectivity index (χ4n) is 2.14. The van der Waals surface area contributed by atoms with Gasteiger partial charge in [0, 0.05) is 4.90 Å². The normalized spacial score (nSPS) is 12.4. The number of para-hydroxylation sites is 1. The summed E-state index contributed by atoms with van der Waals surface area (Å²) in [5.74, 6) is -0.212. The van der Waals surface area contributed by atoms with Gasteiger partial charge in [0.2, 0.25) is 0 Å². The molecule has 1 aromatic heterocycles. The number of hydrogen-bond donors (Lipinski definition) is 2. The number of carbonyl (C=O) groups is 1. The molecule has 0 aliphatic heterocycles. The van der Waals surface area contributed by atoms with Gasteiger partial charge in [-0.2, -0.15) is 5.10 Å². The minimum Gasteiger partial charge on any atom is -0.350 e. The number of rotatable bonds is 6. The quantitative estimate of drug-likeness (QED) is 0.391. The van der Waals surface area contributed by atoms with Gasteiger partial charge >= 0.3 is 0 Å². The lowest BCUT2D eigenvalue weighted by Gasteiger charge is -2.10. The van der Waals surface area contributed by atoms with E-state index in [-0.39, 0.29) is 5.91 Å². The number of aromatic nitrogens is 1. The second-order valence-corrected chi connectivity index (χ2v) is 7.27. The van der Waals surface area contributed by atoms with Crippen LogP contribution in [-0.4, -0.2) is 29.4 Å². The highest BCUT2D eigenvalue weighted by Crippen LogP contribution is 2.25. The van der Waals surface area contributed by atoms with Crippen LogP contribution < -0.4 is 10.7 Å². The molecule has 2 N–H and O–H groups in total. The van der Waals surface area contributed by atoms with Gasteiger partial charge in [-0.15, -0.1) is 11.8 Å². The Hall–Kier alpha value is -2.38. The zero-order valence-corrected chi connectivity index (χ0v) is 15.5. The monoisotopic (exact) mass is 370 g/mol. The second kappa shape index (κ2) is 8.13. The maximum Gasteiger partial charge on any atom is 0.262 e. The highest BCUT2D eigenvalue weighted by molar-refractivity contribution is 7.98. The van der Waals surface area contributed by atoms with E-state index in [1.165, 1.54) is 16.2 Å². The van der Waals surface area contributed by atoms with Crippen molar-refractivity contribution in [2.45, 2.75) is 17.9 Å². The molecule has 2 aromatic carbocycles. The van der Waals surface area contributed by atoms with E-state index in [4.69, 9.17) is 0 Å². The highest BCUT2D eigenvalue weighted by atomic mass is 32.2. The molecule has 5 nitrogen and oxygen atoms in total. The Labute approximate surface area is 154 Å². The lowest BCUT2D eigenvalue weighted by atomic mass is 10.2. The van der Waals surface area contributed by atoms with Crippen LogP contribution in [0.5, 0.6) is 0 Å². The van der Waals surface area contributed by atoms with Crippen LogP contribution in [0.2, 0.25) is 0 Å². The van der Waals surface area contributed by atoms with Gasteiger partial charge in [0.1, 0.15) is 6.04 Å². The lowest BCUT2D eigenvalue weighted by molar-refractivity contribution is -0.121. The van der Waals surface area contributed by atoms with E-state index < -0.39 is 6.04 Å². The molecule has 1 heterocycles. The summed E-state index contributed by atoms with van der Waals surface area (Å²) in [6.45, 7) is 1.78. The first-order valence-corrected chi connectivity index (χ1v) is 9.79. The van der Waals surface area contributed by atoms with Gasteiger partial charge in [-0.1, -0.05) is 35.6 Å². The maximum atomic E-state index is 12.1. The molecule has 25 heavy (non-hydrogen) atoms. The third-order valence-electron chi connectivity index (χ3n) is 3.53. The number of carbonyl (C=O) groups excluding carboxylic acids is 1. The number of hydrogen-bond acceptors (Lipinski definition) is 6. The van der Waals surface area contributed by atoms with Crippen molar-refractivity contribution in [2.75, 3.05) is 11.6 Å². The number of thiazole rings is 1. The fraction of sp³-hybridized carbons (Fsp3) is 0.167. The fourth-order valence-corrected chi connectivity index (χ4v) is 3.50.